The molecule has 1 saturated heterocycles. The molecule has 2 N–H and O–H groups in total. The van der Waals surface area contributed by atoms with Crippen molar-refractivity contribution in [3.05, 3.63) is 34.1 Å². The second-order valence-corrected chi connectivity index (χ2v) is 5.57. The number of ketones is 1. The summed E-state index contributed by atoms with van der Waals surface area (Å²) >= 11 is 3.09. The number of aliphatic hydroxyl groups is 1. The first kappa shape index (κ1) is 14.9. The van der Waals surface area contributed by atoms with E-state index in [4.69, 9.17) is 5.11 Å². The van der Waals surface area contributed by atoms with Gasteiger partial charge in [-0.25, -0.2) is 9.18 Å². The van der Waals surface area contributed by atoms with E-state index in [-0.39, 0.29) is 24.9 Å². The SMILES string of the molecule is O=C(c1ccc(Br)cc1F)C1CC(O)CCN1C(=O)O. The molecule has 1 aromatic carbocycles. The molecule has 2 rings (SSSR count). The molecule has 1 heterocycles. The van der Waals surface area contributed by atoms with E-state index in [1.54, 1.807) is 0 Å². The van der Waals surface area contributed by atoms with Gasteiger partial charge in [0.2, 0.25) is 0 Å². The predicted molar refractivity (Wildman–Crippen MR) is 72.2 cm³/mol. The lowest BCUT2D eigenvalue weighted by molar-refractivity contribution is 0.0374. The smallest absolute Gasteiger partial charge is 0.407 e. The second kappa shape index (κ2) is 5.88. The van der Waals surface area contributed by atoms with Gasteiger partial charge in [0.1, 0.15) is 11.9 Å². The Hall–Kier alpha value is -1.47. The number of likely N-dealkylation sites (tertiary alicyclic amines) is 1. The Bertz CT molecular complexity index is 551. The summed E-state index contributed by atoms with van der Waals surface area (Å²) in [5.41, 5.74) is -0.168. The van der Waals surface area contributed by atoms with Gasteiger partial charge in [0.15, 0.2) is 5.78 Å². The molecule has 1 amide bonds. The highest BCUT2D eigenvalue weighted by atomic mass is 79.9. The van der Waals surface area contributed by atoms with Crippen LogP contribution in [0.25, 0.3) is 0 Å². The standard InChI is InChI=1S/C13H13BrFNO4/c14-7-1-2-9(10(15)5-7)12(18)11-6-8(17)3-4-16(11)13(19)20/h1-2,5,8,11,17H,3-4,6H2,(H,19,20). The molecule has 2 unspecified atom stereocenters. The topological polar surface area (TPSA) is 77.8 Å². The van der Waals surface area contributed by atoms with E-state index in [1.165, 1.54) is 12.1 Å². The fourth-order valence-corrected chi connectivity index (χ4v) is 2.63. The van der Waals surface area contributed by atoms with Gasteiger partial charge in [0.25, 0.3) is 0 Å². The van der Waals surface area contributed by atoms with Gasteiger partial charge in [-0.05, 0) is 24.6 Å². The minimum atomic E-state index is -1.24. The molecule has 1 aromatic rings. The van der Waals surface area contributed by atoms with E-state index in [1.807, 2.05) is 0 Å². The molecule has 7 heteroatoms. The van der Waals surface area contributed by atoms with Gasteiger partial charge in [-0.15, -0.1) is 0 Å². The number of aliphatic hydroxyl groups excluding tert-OH is 1. The highest BCUT2D eigenvalue weighted by Crippen LogP contribution is 2.24. The maximum Gasteiger partial charge on any atom is 0.407 e. The fourth-order valence-electron chi connectivity index (χ4n) is 2.29. The molecule has 0 saturated carbocycles. The van der Waals surface area contributed by atoms with Crippen LogP contribution in [0.2, 0.25) is 0 Å². The summed E-state index contributed by atoms with van der Waals surface area (Å²) in [6, 6.07) is 2.92. The van der Waals surface area contributed by atoms with Gasteiger partial charge in [-0.3, -0.25) is 9.69 Å². The van der Waals surface area contributed by atoms with Crippen molar-refractivity contribution in [2.45, 2.75) is 25.0 Å². The lowest BCUT2D eigenvalue weighted by atomic mass is 9.93. The van der Waals surface area contributed by atoms with Crippen LogP contribution in [0.1, 0.15) is 23.2 Å². The molecule has 0 aliphatic carbocycles. The normalized spacial score (nSPS) is 22.6. The van der Waals surface area contributed by atoms with Crippen molar-refractivity contribution in [2.75, 3.05) is 6.54 Å². The Kier molecular flexibility index (Phi) is 4.39. The number of piperidine rings is 1. The van der Waals surface area contributed by atoms with Crippen LogP contribution in [0.15, 0.2) is 22.7 Å². The fraction of sp³-hybridized carbons (Fsp3) is 0.385. The van der Waals surface area contributed by atoms with Crippen LogP contribution in [0.4, 0.5) is 9.18 Å². The Morgan fingerprint density at radius 2 is 2.10 bits per heavy atom. The Balaban J connectivity index is 2.31. The molecule has 1 fully saturated rings. The number of nitrogens with zero attached hydrogens (tertiary/aromatic N) is 1. The van der Waals surface area contributed by atoms with Gasteiger partial charge in [-0.1, -0.05) is 15.9 Å². The molecule has 0 radical (unpaired) electrons. The van der Waals surface area contributed by atoms with Crippen molar-refractivity contribution < 1.29 is 24.2 Å². The van der Waals surface area contributed by atoms with Crippen molar-refractivity contribution in [2.24, 2.45) is 0 Å². The van der Waals surface area contributed by atoms with Crippen molar-refractivity contribution in [1.29, 1.82) is 0 Å². The van der Waals surface area contributed by atoms with Crippen LogP contribution in [0, 0.1) is 5.82 Å². The van der Waals surface area contributed by atoms with E-state index in [0.717, 1.165) is 11.0 Å². The number of carbonyl (C=O) groups is 2. The van der Waals surface area contributed by atoms with Crippen LogP contribution in [-0.4, -0.2) is 45.7 Å². The average molecular weight is 346 g/mol. The van der Waals surface area contributed by atoms with Gasteiger partial charge in [0, 0.05) is 17.4 Å². The molecule has 1 aliphatic heterocycles. The molecule has 1 aliphatic rings. The summed E-state index contributed by atoms with van der Waals surface area (Å²) in [4.78, 5) is 24.4. The third-order valence-corrected chi connectivity index (χ3v) is 3.81. The first-order chi connectivity index (χ1) is 9.40. The lowest BCUT2D eigenvalue weighted by Crippen LogP contribution is -2.51. The van der Waals surface area contributed by atoms with Crippen LogP contribution in [0.3, 0.4) is 0 Å². The molecule has 20 heavy (non-hydrogen) atoms. The predicted octanol–water partition coefficient (Wildman–Crippen LogP) is 2.27. The molecule has 5 nitrogen and oxygen atoms in total. The van der Waals surface area contributed by atoms with Gasteiger partial charge >= 0.3 is 6.09 Å². The Labute approximate surface area is 123 Å². The highest BCUT2D eigenvalue weighted by molar-refractivity contribution is 9.10. The van der Waals surface area contributed by atoms with Crippen molar-refractivity contribution in [1.82, 2.24) is 4.90 Å². The maximum atomic E-state index is 13.8. The zero-order valence-corrected chi connectivity index (χ0v) is 12.0. The van der Waals surface area contributed by atoms with Crippen molar-refractivity contribution in [3.8, 4) is 0 Å². The number of hydrogen-bond donors (Lipinski definition) is 2. The number of hydrogen-bond acceptors (Lipinski definition) is 3. The Morgan fingerprint density at radius 1 is 1.40 bits per heavy atom. The van der Waals surface area contributed by atoms with E-state index < -0.39 is 29.8 Å². The van der Waals surface area contributed by atoms with E-state index in [0.29, 0.717) is 4.47 Å². The minimum absolute atomic E-state index is 0.0133. The quantitative estimate of drug-likeness (QED) is 0.806. The number of amides is 1. The second-order valence-electron chi connectivity index (χ2n) is 4.66. The monoisotopic (exact) mass is 345 g/mol. The molecule has 0 bridgehead atoms. The van der Waals surface area contributed by atoms with Gasteiger partial charge < -0.3 is 10.2 Å². The highest BCUT2D eigenvalue weighted by Gasteiger charge is 2.36. The number of benzene rings is 1. The molecule has 2 atom stereocenters. The van der Waals surface area contributed by atoms with Gasteiger partial charge in [0.05, 0.1) is 11.7 Å². The van der Waals surface area contributed by atoms with Crippen molar-refractivity contribution in [3.63, 3.8) is 0 Å². The average Bonchev–Trinajstić information content (AvgIpc) is 2.37. The number of halogens is 2. The zero-order chi connectivity index (χ0) is 14.9. The minimum Gasteiger partial charge on any atom is -0.465 e. The van der Waals surface area contributed by atoms with Crippen LogP contribution in [-0.2, 0) is 0 Å². The summed E-state index contributed by atoms with van der Waals surface area (Å²) in [6.45, 7) is 0.0606. The third kappa shape index (κ3) is 2.99. The summed E-state index contributed by atoms with van der Waals surface area (Å²) in [7, 11) is 0. The number of carboxylic acid groups (broad SMARTS) is 1. The first-order valence-electron chi connectivity index (χ1n) is 6.07. The van der Waals surface area contributed by atoms with Crippen LogP contribution >= 0.6 is 15.9 Å². The first-order valence-corrected chi connectivity index (χ1v) is 6.86. The summed E-state index contributed by atoms with van der Waals surface area (Å²) in [5, 5.41) is 18.7. The van der Waals surface area contributed by atoms with E-state index in [9.17, 15) is 19.1 Å². The maximum absolute atomic E-state index is 13.8. The van der Waals surface area contributed by atoms with Gasteiger partial charge in [-0.2, -0.15) is 0 Å². The summed E-state index contributed by atoms with van der Waals surface area (Å²) in [5.74, 6) is -1.34. The zero-order valence-electron chi connectivity index (χ0n) is 10.4. The molecular weight excluding hydrogens is 333 g/mol. The summed E-state index contributed by atoms with van der Waals surface area (Å²) < 4.78 is 14.3. The van der Waals surface area contributed by atoms with Crippen molar-refractivity contribution >= 4 is 27.8 Å². The largest absolute Gasteiger partial charge is 0.465 e. The molecule has 0 aromatic heterocycles. The lowest BCUT2D eigenvalue weighted by Gasteiger charge is -2.34. The summed E-state index contributed by atoms with van der Waals surface area (Å²) in [6.07, 6.45) is -1.73. The Morgan fingerprint density at radius 3 is 2.70 bits per heavy atom. The van der Waals surface area contributed by atoms with E-state index in [2.05, 4.69) is 15.9 Å². The third-order valence-electron chi connectivity index (χ3n) is 3.32. The van der Waals surface area contributed by atoms with Crippen LogP contribution in [0.5, 0.6) is 0 Å². The molecular formula is C13H13BrFNO4. The van der Waals surface area contributed by atoms with Crippen LogP contribution < -0.4 is 0 Å². The van der Waals surface area contributed by atoms with E-state index >= 15 is 0 Å². The molecule has 0 spiro atoms. The number of Topliss-reactive ketones (excluding diaryl/α,β-unsaturated/α-hetero) is 1. The molecule has 108 valence electrons. The number of carbonyl (C=O) groups excluding carboxylic acids is 1. The number of rotatable bonds is 2.